The van der Waals surface area contributed by atoms with Crippen molar-refractivity contribution in [3.8, 4) is 0 Å². The van der Waals surface area contributed by atoms with Gasteiger partial charge in [0.25, 0.3) is 0 Å². The Balaban J connectivity index is 2.29. The maximum absolute atomic E-state index is 8.39. The van der Waals surface area contributed by atoms with Gasteiger partial charge in [-0.25, -0.2) is 0 Å². The summed E-state index contributed by atoms with van der Waals surface area (Å²) in [5.41, 5.74) is 1.34. The van der Waals surface area contributed by atoms with Crippen LogP contribution < -0.4 is 0 Å². The Bertz CT molecular complexity index is 231. The van der Waals surface area contributed by atoms with Crippen LogP contribution in [-0.2, 0) is 6.42 Å². The fraction of sp³-hybridized carbons (Fsp3) is 0.200. The zero-order chi connectivity index (χ0) is 8.65. The topological polar surface area (TPSA) is 20.2 Å². The summed E-state index contributed by atoms with van der Waals surface area (Å²) in [7, 11) is 0. The molecule has 0 aliphatic heterocycles. The minimum atomic E-state index is 0.756. The maximum Gasteiger partial charge on any atom is 0.0160 e. The monoisotopic (exact) mass is 180 g/mol. The van der Waals surface area contributed by atoms with Crippen molar-refractivity contribution >= 4 is 12.0 Å². The van der Waals surface area contributed by atoms with E-state index in [2.05, 4.69) is 12.1 Å². The van der Waals surface area contributed by atoms with Gasteiger partial charge in [0.15, 0.2) is 0 Å². The van der Waals surface area contributed by atoms with E-state index in [1.807, 2.05) is 24.3 Å². The molecule has 0 saturated heterocycles. The molecule has 2 heteroatoms. The Labute approximate surface area is 77.3 Å². The van der Waals surface area contributed by atoms with Crippen LogP contribution in [0.4, 0.5) is 0 Å². The molecule has 12 heavy (non-hydrogen) atoms. The lowest BCUT2D eigenvalue weighted by Gasteiger charge is -1.95. The Morgan fingerprint density at radius 3 is 2.67 bits per heavy atom. The Morgan fingerprint density at radius 2 is 2.00 bits per heavy atom. The van der Waals surface area contributed by atoms with Gasteiger partial charge in [0.1, 0.15) is 0 Å². The highest BCUT2D eigenvalue weighted by Gasteiger charge is 1.87. The molecule has 0 heterocycles. The first kappa shape index (κ1) is 9.36. The first-order chi connectivity index (χ1) is 5.93. The highest BCUT2D eigenvalue weighted by atomic mass is 32.2. The highest BCUT2D eigenvalue weighted by Crippen LogP contribution is 2.04. The largest absolute Gasteiger partial charge is 0.326 e. The van der Waals surface area contributed by atoms with E-state index in [9.17, 15) is 0 Å². The third-order valence-electron chi connectivity index (χ3n) is 1.60. The first-order valence-electron chi connectivity index (χ1n) is 3.92. The lowest BCUT2D eigenvalue weighted by molar-refractivity contribution is 0.671. The Hall–Kier alpha value is -0.730. The molecule has 1 N–H and O–H groups in total. The summed E-state index contributed by atoms with van der Waals surface area (Å²) in [6, 6.07) is 10.3. The molecule has 1 rings (SSSR count). The van der Waals surface area contributed by atoms with Crippen LogP contribution in [-0.4, -0.2) is 4.55 Å². The maximum atomic E-state index is 8.39. The molecule has 0 fully saturated rings. The molecule has 0 aliphatic rings. The van der Waals surface area contributed by atoms with E-state index in [4.69, 9.17) is 4.55 Å². The smallest absolute Gasteiger partial charge is 0.0160 e. The van der Waals surface area contributed by atoms with Crippen molar-refractivity contribution in [1.82, 2.24) is 0 Å². The first-order valence-corrected chi connectivity index (χ1v) is 4.76. The molecule has 1 aromatic carbocycles. The standard InChI is InChI=1S/C10H12OS/c11-12-9-5-4-8-10-6-2-1-3-7-10/h1-3,5-7,9,11H,4,8H2/b9-5+. The van der Waals surface area contributed by atoms with Crippen molar-refractivity contribution in [1.29, 1.82) is 0 Å². The average Bonchev–Trinajstić information content (AvgIpc) is 2.14. The van der Waals surface area contributed by atoms with E-state index in [-0.39, 0.29) is 0 Å². The number of rotatable bonds is 4. The molecule has 0 aliphatic carbocycles. The number of allylic oxidation sites excluding steroid dienone is 1. The number of hydrogen-bond donors (Lipinski definition) is 1. The third-order valence-corrected chi connectivity index (χ3v) is 1.91. The number of benzene rings is 1. The molecule has 0 bridgehead atoms. The molecule has 0 saturated carbocycles. The molecule has 0 amide bonds. The second-order valence-electron chi connectivity index (χ2n) is 2.50. The molecular weight excluding hydrogens is 168 g/mol. The van der Waals surface area contributed by atoms with Gasteiger partial charge >= 0.3 is 0 Å². The number of aryl methyl sites for hydroxylation is 1. The molecule has 1 nitrogen and oxygen atoms in total. The molecule has 0 atom stereocenters. The van der Waals surface area contributed by atoms with Gasteiger partial charge in [0.2, 0.25) is 0 Å². The lowest BCUT2D eigenvalue weighted by atomic mass is 10.1. The zero-order valence-electron chi connectivity index (χ0n) is 6.81. The van der Waals surface area contributed by atoms with Crippen LogP contribution in [0.15, 0.2) is 41.8 Å². The van der Waals surface area contributed by atoms with Gasteiger partial charge in [-0.3, -0.25) is 0 Å². The van der Waals surface area contributed by atoms with Crippen molar-refractivity contribution in [3.63, 3.8) is 0 Å². The lowest BCUT2D eigenvalue weighted by Crippen LogP contribution is -1.80. The van der Waals surface area contributed by atoms with Crippen molar-refractivity contribution < 1.29 is 4.55 Å². The molecular formula is C10H12OS. The van der Waals surface area contributed by atoms with Gasteiger partial charge in [0, 0.05) is 12.0 Å². The highest BCUT2D eigenvalue weighted by molar-refractivity contribution is 7.96. The summed E-state index contributed by atoms with van der Waals surface area (Å²) >= 11 is 0.756. The van der Waals surface area contributed by atoms with Crippen LogP contribution in [0.1, 0.15) is 12.0 Å². The molecule has 0 unspecified atom stereocenters. The predicted octanol–water partition coefficient (Wildman–Crippen LogP) is 3.34. The second-order valence-corrected chi connectivity index (χ2v) is 2.98. The van der Waals surface area contributed by atoms with E-state index >= 15 is 0 Å². The molecule has 0 radical (unpaired) electrons. The molecule has 1 aromatic rings. The second kappa shape index (κ2) is 5.86. The Kier molecular flexibility index (Phi) is 4.57. The number of hydrogen-bond acceptors (Lipinski definition) is 2. The van der Waals surface area contributed by atoms with Gasteiger partial charge in [-0.15, -0.1) is 0 Å². The van der Waals surface area contributed by atoms with Crippen molar-refractivity contribution in [2.75, 3.05) is 0 Å². The normalized spacial score (nSPS) is 10.8. The van der Waals surface area contributed by atoms with Gasteiger partial charge in [-0.2, -0.15) is 0 Å². The Morgan fingerprint density at radius 1 is 1.25 bits per heavy atom. The fourth-order valence-electron chi connectivity index (χ4n) is 1.01. The average molecular weight is 180 g/mol. The quantitative estimate of drug-likeness (QED) is 0.717. The van der Waals surface area contributed by atoms with Crippen LogP contribution in [0.2, 0.25) is 0 Å². The van der Waals surface area contributed by atoms with E-state index in [1.165, 1.54) is 5.56 Å². The van der Waals surface area contributed by atoms with E-state index in [0.717, 1.165) is 24.9 Å². The van der Waals surface area contributed by atoms with Crippen LogP contribution in [0.25, 0.3) is 0 Å². The van der Waals surface area contributed by atoms with Gasteiger partial charge < -0.3 is 4.55 Å². The summed E-state index contributed by atoms with van der Waals surface area (Å²) in [4.78, 5) is 0. The minimum Gasteiger partial charge on any atom is -0.326 e. The van der Waals surface area contributed by atoms with Crippen LogP contribution in [0.3, 0.4) is 0 Å². The zero-order valence-corrected chi connectivity index (χ0v) is 7.63. The summed E-state index contributed by atoms with van der Waals surface area (Å²) < 4.78 is 8.39. The molecule has 0 spiro atoms. The van der Waals surface area contributed by atoms with E-state index in [0.29, 0.717) is 0 Å². The third kappa shape index (κ3) is 3.60. The van der Waals surface area contributed by atoms with Crippen LogP contribution >= 0.6 is 12.0 Å². The summed E-state index contributed by atoms with van der Waals surface area (Å²) in [6.45, 7) is 0. The van der Waals surface area contributed by atoms with Gasteiger partial charge in [0.05, 0.1) is 0 Å². The minimum absolute atomic E-state index is 0.756. The van der Waals surface area contributed by atoms with Gasteiger partial charge in [-0.05, 0) is 23.8 Å². The SMILES string of the molecule is OS/C=C/CCc1ccccc1. The van der Waals surface area contributed by atoms with Crippen molar-refractivity contribution in [2.45, 2.75) is 12.8 Å². The van der Waals surface area contributed by atoms with Crippen LogP contribution in [0, 0.1) is 0 Å². The van der Waals surface area contributed by atoms with Gasteiger partial charge in [-0.1, -0.05) is 36.4 Å². The van der Waals surface area contributed by atoms with Crippen molar-refractivity contribution in [2.24, 2.45) is 0 Å². The van der Waals surface area contributed by atoms with E-state index in [1.54, 1.807) is 5.41 Å². The molecule has 0 aromatic heterocycles. The molecule has 64 valence electrons. The summed E-state index contributed by atoms with van der Waals surface area (Å²) in [6.07, 6.45) is 3.99. The van der Waals surface area contributed by atoms with Crippen molar-refractivity contribution in [3.05, 3.63) is 47.4 Å². The fourth-order valence-corrected chi connectivity index (χ4v) is 1.23. The van der Waals surface area contributed by atoms with E-state index < -0.39 is 0 Å². The summed E-state index contributed by atoms with van der Waals surface area (Å²) in [5, 5.41) is 1.70. The van der Waals surface area contributed by atoms with Crippen LogP contribution in [0.5, 0.6) is 0 Å². The predicted molar refractivity (Wildman–Crippen MR) is 54.1 cm³/mol. The summed E-state index contributed by atoms with van der Waals surface area (Å²) in [5.74, 6) is 0.